The molecule has 0 spiro atoms. The normalized spacial score (nSPS) is 23.1. The standard InChI is InChI=1S/C53H82O26S4/c54-43(55)36-81-40-33-45(58)71-14-9-5-1-3-7-11-16-76-50(63)39(32-47(60)74-27-23-67-19-21-69-25-29-78-52(40)65)80-31-13-18-73-49(62)38-83-42-35-48(61)75-28-24-68-20-22-70-26-30-79-53(66)41(82-37-44(56)57)34-46(59)72-15-10-6-2-4-8-12-17-77-51(42)64/h39-42H,1-38H2,(H,54,55)(H,56,57). The summed E-state index contributed by atoms with van der Waals surface area (Å²) in [6.07, 6.45) is 7.23. The zero-order valence-corrected chi connectivity index (χ0v) is 50.3. The van der Waals surface area contributed by atoms with E-state index in [4.69, 9.17) is 71.8 Å². The zero-order chi connectivity index (χ0) is 60.6. The summed E-state index contributed by atoms with van der Waals surface area (Å²) in [6, 6.07) is 0. The van der Waals surface area contributed by atoms with E-state index >= 15 is 0 Å². The Balaban J connectivity index is 1.87. The van der Waals surface area contributed by atoms with Crippen LogP contribution in [0.15, 0.2) is 0 Å². The lowest BCUT2D eigenvalue weighted by molar-refractivity contribution is -0.151. The van der Waals surface area contributed by atoms with Gasteiger partial charge < -0.3 is 71.8 Å². The van der Waals surface area contributed by atoms with Gasteiger partial charge in [0.15, 0.2) is 0 Å². The monoisotopic (exact) mass is 1260 g/mol. The van der Waals surface area contributed by atoms with Crippen LogP contribution in [0.3, 0.4) is 0 Å². The zero-order valence-electron chi connectivity index (χ0n) is 47.0. The minimum absolute atomic E-state index is 0.000401. The molecule has 0 aliphatic carbocycles. The number of carboxylic acid groups (broad SMARTS) is 2. The number of thioether (sulfide) groups is 4. The van der Waals surface area contributed by atoms with Crippen LogP contribution >= 0.6 is 47.0 Å². The first-order valence-corrected chi connectivity index (χ1v) is 32.0. The molecule has 2 rings (SSSR count). The number of rotatable bonds is 14. The second-order valence-corrected chi connectivity index (χ2v) is 23.1. The van der Waals surface area contributed by atoms with Crippen LogP contribution in [0.4, 0.5) is 0 Å². The van der Waals surface area contributed by atoms with Crippen molar-refractivity contribution in [1.29, 1.82) is 0 Å². The Morgan fingerprint density at radius 1 is 0.349 bits per heavy atom. The number of cyclic esters (lactones) is 8. The molecule has 4 atom stereocenters. The van der Waals surface area contributed by atoms with E-state index in [1.54, 1.807) is 0 Å². The van der Waals surface area contributed by atoms with Gasteiger partial charge in [-0.05, 0) is 37.9 Å². The van der Waals surface area contributed by atoms with Crippen LogP contribution in [0.5, 0.6) is 0 Å². The van der Waals surface area contributed by atoms with Crippen molar-refractivity contribution < 1.29 is 125 Å². The number of aliphatic carboxylic acids is 2. The smallest absolute Gasteiger partial charge is 0.319 e. The van der Waals surface area contributed by atoms with Crippen LogP contribution in [0.1, 0.15) is 109 Å². The van der Waals surface area contributed by atoms with Crippen molar-refractivity contribution in [3.63, 3.8) is 0 Å². The molecule has 0 aromatic carbocycles. The van der Waals surface area contributed by atoms with E-state index in [0.717, 1.165) is 92.0 Å². The second kappa shape index (κ2) is 49.6. The highest BCUT2D eigenvalue weighted by Crippen LogP contribution is 2.23. The quantitative estimate of drug-likeness (QED) is 0.140. The fraction of sp³-hybridized carbons (Fsp3) is 0.792. The number of esters is 9. The van der Waals surface area contributed by atoms with Crippen molar-refractivity contribution in [3.05, 3.63) is 0 Å². The molecule has 2 N–H and O–H groups in total. The van der Waals surface area contributed by atoms with Crippen LogP contribution in [0, 0.1) is 0 Å². The highest BCUT2D eigenvalue weighted by atomic mass is 32.2. The van der Waals surface area contributed by atoms with Crippen LogP contribution in [-0.2, 0) is 114 Å². The van der Waals surface area contributed by atoms with Gasteiger partial charge >= 0.3 is 65.7 Å². The van der Waals surface area contributed by atoms with E-state index in [9.17, 15) is 52.7 Å². The molecule has 26 nitrogen and oxygen atoms in total. The number of ether oxygens (including phenoxy) is 13. The third kappa shape index (κ3) is 42.0. The van der Waals surface area contributed by atoms with Crippen molar-refractivity contribution in [2.24, 2.45) is 0 Å². The molecule has 0 aromatic heterocycles. The number of hydrogen-bond donors (Lipinski definition) is 2. The summed E-state index contributed by atoms with van der Waals surface area (Å²) in [6.45, 7) is 0.201. The van der Waals surface area contributed by atoms with Gasteiger partial charge in [-0.25, -0.2) is 0 Å². The van der Waals surface area contributed by atoms with Gasteiger partial charge in [0.25, 0.3) is 0 Å². The SMILES string of the molecule is O=C(O)CSC1CC(=O)OCCCCCCCCOC(=O)C(SCCCOC(=O)CSC2CC(=O)OCCOCCOCCOC(=O)C(SCC(=O)O)CC(=O)OCCCCCCCCOC2=O)CC(=O)OCCOCCOCCOC1=O. The first-order chi connectivity index (χ1) is 40.1. The minimum Gasteiger partial charge on any atom is -0.481 e. The van der Waals surface area contributed by atoms with E-state index in [0.29, 0.717) is 32.1 Å². The maximum atomic E-state index is 13.2. The first-order valence-electron chi connectivity index (χ1n) is 27.8. The lowest BCUT2D eigenvalue weighted by Crippen LogP contribution is -2.27. The lowest BCUT2D eigenvalue weighted by atomic mass is 10.1. The molecule has 83 heavy (non-hydrogen) atoms. The predicted molar refractivity (Wildman–Crippen MR) is 301 cm³/mol. The molecule has 2 aliphatic heterocycles. The first kappa shape index (κ1) is 74.5. The predicted octanol–water partition coefficient (Wildman–Crippen LogP) is 4.18. The third-order valence-corrected chi connectivity index (χ3v) is 16.1. The maximum absolute atomic E-state index is 13.2. The van der Waals surface area contributed by atoms with E-state index in [1.807, 2.05) is 0 Å². The number of hydrogen-bond acceptors (Lipinski definition) is 28. The molecule has 0 aromatic rings. The van der Waals surface area contributed by atoms with E-state index in [1.165, 1.54) is 0 Å². The fourth-order valence-electron chi connectivity index (χ4n) is 7.09. The van der Waals surface area contributed by atoms with Crippen LogP contribution in [-0.4, -0.2) is 232 Å². The average molecular weight is 1260 g/mol. The number of carbonyl (C=O) groups is 11. The molecule has 2 saturated heterocycles. The third-order valence-electron chi connectivity index (χ3n) is 11.3. The van der Waals surface area contributed by atoms with Crippen LogP contribution < -0.4 is 0 Å². The summed E-state index contributed by atoms with van der Waals surface area (Å²) in [5.41, 5.74) is 0. The molecule has 0 amide bonds. The van der Waals surface area contributed by atoms with Gasteiger partial charge in [0.05, 0.1) is 129 Å². The molecule has 0 radical (unpaired) electrons. The van der Waals surface area contributed by atoms with Gasteiger partial charge in [0.2, 0.25) is 0 Å². The molecular weight excluding hydrogens is 1180 g/mol. The van der Waals surface area contributed by atoms with Gasteiger partial charge in [0.1, 0.15) is 47.4 Å². The van der Waals surface area contributed by atoms with E-state index in [2.05, 4.69) is 0 Å². The Bertz CT molecular complexity index is 1930. The summed E-state index contributed by atoms with van der Waals surface area (Å²) in [5.74, 6) is -9.33. The number of carboxylic acids is 2. The summed E-state index contributed by atoms with van der Waals surface area (Å²) < 4.78 is 69.6. The maximum Gasteiger partial charge on any atom is 0.319 e. The van der Waals surface area contributed by atoms with E-state index in [-0.39, 0.29) is 150 Å². The molecule has 4 unspecified atom stereocenters. The van der Waals surface area contributed by atoms with E-state index < -0.39 is 105 Å². The second-order valence-electron chi connectivity index (χ2n) is 18.2. The van der Waals surface area contributed by atoms with Gasteiger partial charge in [-0.3, -0.25) is 52.7 Å². The highest BCUT2D eigenvalue weighted by Gasteiger charge is 2.30. The molecule has 474 valence electrons. The lowest BCUT2D eigenvalue weighted by Gasteiger charge is -2.16. The van der Waals surface area contributed by atoms with Crippen molar-refractivity contribution in [1.82, 2.24) is 0 Å². The summed E-state index contributed by atoms with van der Waals surface area (Å²) in [4.78, 5) is 137. The van der Waals surface area contributed by atoms with Crippen molar-refractivity contribution >= 4 is 113 Å². The summed E-state index contributed by atoms with van der Waals surface area (Å²) >= 11 is 3.54. The van der Waals surface area contributed by atoms with Crippen molar-refractivity contribution in [3.8, 4) is 0 Å². The molecule has 2 fully saturated rings. The number of carbonyl (C=O) groups excluding carboxylic acids is 9. The average Bonchev–Trinajstić information content (AvgIpc) is 3.45. The van der Waals surface area contributed by atoms with Gasteiger partial charge in [-0.1, -0.05) is 51.4 Å². The van der Waals surface area contributed by atoms with Crippen LogP contribution in [0.2, 0.25) is 0 Å². The molecular formula is C53H82O26S4. The Morgan fingerprint density at radius 2 is 0.614 bits per heavy atom. The molecule has 2 aliphatic rings. The van der Waals surface area contributed by atoms with Crippen molar-refractivity contribution in [2.75, 3.05) is 135 Å². The molecule has 0 bridgehead atoms. The topological polar surface area (TPSA) is 348 Å². The Kier molecular flexibility index (Phi) is 44.6. The largest absolute Gasteiger partial charge is 0.481 e. The Labute approximate surface area is 500 Å². The molecule has 2 heterocycles. The fourth-order valence-corrected chi connectivity index (χ4v) is 10.6. The van der Waals surface area contributed by atoms with Gasteiger partial charge in [-0.2, -0.15) is 0 Å². The highest BCUT2D eigenvalue weighted by molar-refractivity contribution is 8.01. The summed E-state index contributed by atoms with van der Waals surface area (Å²) in [5, 5.41) is 14.0. The molecule has 0 saturated carbocycles. The van der Waals surface area contributed by atoms with Gasteiger partial charge in [-0.15, -0.1) is 47.0 Å². The minimum atomic E-state index is -1.15. The molecule has 30 heteroatoms. The summed E-state index contributed by atoms with van der Waals surface area (Å²) in [7, 11) is 0. The Hall–Kier alpha value is -4.59. The van der Waals surface area contributed by atoms with Crippen LogP contribution in [0.25, 0.3) is 0 Å². The van der Waals surface area contributed by atoms with Gasteiger partial charge in [0, 0.05) is 0 Å². The van der Waals surface area contributed by atoms with Crippen molar-refractivity contribution in [2.45, 2.75) is 130 Å². The Morgan fingerprint density at radius 3 is 0.964 bits per heavy atom.